The first-order valence-electron chi connectivity index (χ1n) is 10.9. The van der Waals surface area contributed by atoms with E-state index in [0.29, 0.717) is 32.0 Å². The van der Waals surface area contributed by atoms with Gasteiger partial charge in [0.1, 0.15) is 0 Å². The van der Waals surface area contributed by atoms with Crippen molar-refractivity contribution in [2.75, 3.05) is 19.9 Å². The Kier molecular flexibility index (Phi) is 6.42. The molecule has 3 aliphatic rings. The smallest absolute Gasteiger partial charge is 0.315 e. The van der Waals surface area contributed by atoms with E-state index in [-0.39, 0.29) is 24.8 Å². The third-order valence-corrected chi connectivity index (χ3v) is 6.19. The van der Waals surface area contributed by atoms with Crippen LogP contribution in [0.25, 0.3) is 0 Å². The van der Waals surface area contributed by atoms with Gasteiger partial charge in [0.25, 0.3) is 0 Å². The maximum Gasteiger partial charge on any atom is 0.315 e. The summed E-state index contributed by atoms with van der Waals surface area (Å²) in [4.78, 5) is 26.7. The molecule has 7 nitrogen and oxygen atoms in total. The highest BCUT2D eigenvalue weighted by molar-refractivity contribution is 5.77. The third-order valence-electron chi connectivity index (χ3n) is 6.19. The van der Waals surface area contributed by atoms with Gasteiger partial charge in [0.05, 0.1) is 0 Å². The topological polar surface area (TPSA) is 79.9 Å². The molecule has 2 N–H and O–H groups in total. The second kappa shape index (κ2) is 9.37. The lowest BCUT2D eigenvalue weighted by atomic mass is 9.96. The molecule has 29 heavy (non-hydrogen) atoms. The average molecular weight is 402 g/mol. The first-order chi connectivity index (χ1) is 14.2. The minimum atomic E-state index is -0.0514. The van der Waals surface area contributed by atoms with Crippen LogP contribution < -0.4 is 20.1 Å². The van der Waals surface area contributed by atoms with Crippen LogP contribution in [0, 0.1) is 0 Å². The summed E-state index contributed by atoms with van der Waals surface area (Å²) in [5, 5.41) is 6.20. The predicted molar refractivity (Wildman–Crippen MR) is 109 cm³/mol. The highest BCUT2D eigenvalue weighted by Gasteiger charge is 2.25. The molecule has 3 amide bonds. The monoisotopic (exact) mass is 401 g/mol. The molecule has 2 fully saturated rings. The van der Waals surface area contributed by atoms with Crippen LogP contribution in [-0.2, 0) is 11.2 Å². The van der Waals surface area contributed by atoms with Gasteiger partial charge in [0.15, 0.2) is 11.5 Å². The van der Waals surface area contributed by atoms with Crippen LogP contribution in [0.15, 0.2) is 18.2 Å². The Morgan fingerprint density at radius 2 is 1.62 bits per heavy atom. The summed E-state index contributed by atoms with van der Waals surface area (Å²) in [5.74, 6) is 1.70. The second-order valence-electron chi connectivity index (χ2n) is 8.30. The molecular formula is C22H31N3O4. The normalized spacial score (nSPS) is 19.8. The van der Waals surface area contributed by atoms with Crippen LogP contribution in [0.2, 0.25) is 0 Å². The molecule has 2 aliphatic heterocycles. The van der Waals surface area contributed by atoms with E-state index in [1.165, 1.54) is 19.3 Å². The van der Waals surface area contributed by atoms with Crippen LogP contribution in [0.1, 0.15) is 56.9 Å². The first kappa shape index (κ1) is 19.9. The SMILES string of the molecule is O=C(NC1CCCCC1)NC1CCN(C(=O)CCc2ccc3c(c2)OCO3)CC1. The fourth-order valence-corrected chi connectivity index (χ4v) is 4.44. The van der Waals surface area contributed by atoms with Crippen molar-refractivity contribution in [3.8, 4) is 11.5 Å². The van der Waals surface area contributed by atoms with E-state index >= 15 is 0 Å². The van der Waals surface area contributed by atoms with Crippen molar-refractivity contribution in [2.45, 2.75) is 69.9 Å². The van der Waals surface area contributed by atoms with Gasteiger partial charge in [0.2, 0.25) is 12.7 Å². The lowest BCUT2D eigenvalue weighted by Gasteiger charge is -2.33. The molecule has 1 aliphatic carbocycles. The van der Waals surface area contributed by atoms with Gasteiger partial charge in [-0.15, -0.1) is 0 Å². The number of rotatable bonds is 5. The van der Waals surface area contributed by atoms with Crippen molar-refractivity contribution in [3.05, 3.63) is 23.8 Å². The van der Waals surface area contributed by atoms with Gasteiger partial charge in [-0.25, -0.2) is 4.79 Å². The van der Waals surface area contributed by atoms with Crippen LogP contribution in [0.3, 0.4) is 0 Å². The molecule has 1 saturated heterocycles. The van der Waals surface area contributed by atoms with Gasteiger partial charge < -0.3 is 25.0 Å². The van der Waals surface area contributed by atoms with Crippen molar-refractivity contribution in [1.82, 2.24) is 15.5 Å². The number of carbonyl (C=O) groups is 2. The highest BCUT2D eigenvalue weighted by atomic mass is 16.7. The van der Waals surface area contributed by atoms with E-state index in [2.05, 4.69) is 10.6 Å². The maximum atomic E-state index is 12.6. The second-order valence-corrected chi connectivity index (χ2v) is 8.30. The fraction of sp³-hybridized carbons (Fsp3) is 0.636. The molecule has 0 radical (unpaired) electrons. The minimum absolute atomic E-state index is 0.0514. The highest BCUT2D eigenvalue weighted by Crippen LogP contribution is 2.32. The standard InChI is InChI=1S/C22H31N3O4/c26-21(9-7-16-6-8-19-20(14-16)29-15-28-19)25-12-10-18(11-13-25)24-22(27)23-17-4-2-1-3-5-17/h6,8,14,17-18H,1-5,7,9-13,15H2,(H2,23,24,27). The fourth-order valence-electron chi connectivity index (χ4n) is 4.44. The van der Waals surface area contributed by atoms with E-state index < -0.39 is 0 Å². The molecule has 1 aromatic rings. The maximum absolute atomic E-state index is 12.6. The zero-order valence-electron chi connectivity index (χ0n) is 17.0. The van der Waals surface area contributed by atoms with E-state index in [0.717, 1.165) is 42.7 Å². The summed E-state index contributed by atoms with van der Waals surface area (Å²) in [7, 11) is 0. The quantitative estimate of drug-likeness (QED) is 0.795. The molecule has 1 saturated carbocycles. The van der Waals surface area contributed by atoms with E-state index in [1.807, 2.05) is 23.1 Å². The Labute approximate surface area is 172 Å². The summed E-state index contributed by atoms with van der Waals surface area (Å²) >= 11 is 0. The zero-order valence-corrected chi connectivity index (χ0v) is 17.0. The molecule has 7 heteroatoms. The van der Waals surface area contributed by atoms with Crippen LogP contribution in [0.4, 0.5) is 4.79 Å². The lowest BCUT2D eigenvalue weighted by molar-refractivity contribution is -0.132. The number of nitrogens with one attached hydrogen (secondary N) is 2. The number of amides is 3. The number of hydrogen-bond acceptors (Lipinski definition) is 4. The van der Waals surface area contributed by atoms with Gasteiger partial charge in [-0.05, 0) is 49.8 Å². The number of likely N-dealkylation sites (tertiary alicyclic amines) is 1. The van der Waals surface area contributed by atoms with Gasteiger partial charge >= 0.3 is 6.03 Å². The Morgan fingerprint density at radius 3 is 2.38 bits per heavy atom. The first-order valence-corrected chi connectivity index (χ1v) is 10.9. The Hall–Kier alpha value is -2.44. The molecule has 0 unspecified atom stereocenters. The van der Waals surface area contributed by atoms with Crippen LogP contribution >= 0.6 is 0 Å². The molecule has 0 aromatic heterocycles. The summed E-state index contributed by atoms with van der Waals surface area (Å²) in [6.07, 6.45) is 8.67. The van der Waals surface area contributed by atoms with Crippen molar-refractivity contribution < 1.29 is 19.1 Å². The Balaban J connectivity index is 1.16. The van der Waals surface area contributed by atoms with Crippen molar-refractivity contribution in [2.24, 2.45) is 0 Å². The Morgan fingerprint density at radius 1 is 0.931 bits per heavy atom. The van der Waals surface area contributed by atoms with Crippen molar-refractivity contribution in [3.63, 3.8) is 0 Å². The number of ether oxygens (including phenoxy) is 2. The number of aryl methyl sites for hydroxylation is 1. The molecule has 0 bridgehead atoms. The van der Waals surface area contributed by atoms with E-state index in [4.69, 9.17) is 9.47 Å². The number of carbonyl (C=O) groups excluding carboxylic acids is 2. The van der Waals surface area contributed by atoms with Gasteiger partial charge in [-0.2, -0.15) is 0 Å². The number of fused-ring (bicyclic) bond motifs is 1. The predicted octanol–water partition coefficient (Wildman–Crippen LogP) is 2.97. The molecule has 158 valence electrons. The minimum Gasteiger partial charge on any atom is -0.454 e. The van der Waals surface area contributed by atoms with Gasteiger partial charge in [0, 0.05) is 31.6 Å². The molecule has 1 aromatic carbocycles. The Bertz CT molecular complexity index is 725. The zero-order chi connectivity index (χ0) is 20.1. The third kappa shape index (κ3) is 5.34. The van der Waals surface area contributed by atoms with Crippen molar-refractivity contribution in [1.29, 1.82) is 0 Å². The average Bonchev–Trinajstić information content (AvgIpc) is 3.21. The number of urea groups is 1. The van der Waals surface area contributed by atoms with Crippen LogP contribution in [-0.4, -0.2) is 48.8 Å². The molecule has 0 spiro atoms. The number of hydrogen-bond donors (Lipinski definition) is 2. The van der Waals surface area contributed by atoms with Gasteiger partial charge in [-0.3, -0.25) is 4.79 Å². The summed E-state index contributed by atoms with van der Waals surface area (Å²) in [6.45, 7) is 1.67. The summed E-state index contributed by atoms with van der Waals surface area (Å²) in [6, 6.07) is 6.26. The van der Waals surface area contributed by atoms with E-state index in [1.54, 1.807) is 0 Å². The number of benzene rings is 1. The van der Waals surface area contributed by atoms with E-state index in [9.17, 15) is 9.59 Å². The molecular weight excluding hydrogens is 370 g/mol. The van der Waals surface area contributed by atoms with Gasteiger partial charge in [-0.1, -0.05) is 25.3 Å². The number of piperidine rings is 1. The number of nitrogens with zero attached hydrogens (tertiary/aromatic N) is 1. The molecule has 0 atom stereocenters. The van der Waals surface area contributed by atoms with Crippen molar-refractivity contribution >= 4 is 11.9 Å². The largest absolute Gasteiger partial charge is 0.454 e. The molecule has 4 rings (SSSR count). The summed E-state index contributed by atoms with van der Waals surface area (Å²) in [5.41, 5.74) is 1.08. The molecule has 2 heterocycles. The van der Waals surface area contributed by atoms with Crippen LogP contribution in [0.5, 0.6) is 11.5 Å². The summed E-state index contributed by atoms with van der Waals surface area (Å²) < 4.78 is 10.7. The lowest BCUT2D eigenvalue weighted by Crippen LogP contribution is -2.51.